The summed E-state index contributed by atoms with van der Waals surface area (Å²) in [5, 5.41) is 3.42. The van der Waals surface area contributed by atoms with Crippen molar-refractivity contribution >= 4 is 17.5 Å². The zero-order chi connectivity index (χ0) is 16.5. The minimum absolute atomic E-state index is 0.0681. The van der Waals surface area contributed by atoms with Gasteiger partial charge in [0, 0.05) is 5.02 Å². The molecule has 0 aliphatic carbocycles. The van der Waals surface area contributed by atoms with Crippen molar-refractivity contribution in [2.24, 2.45) is 0 Å². The number of hydrogen-bond donors (Lipinski definition) is 1. The summed E-state index contributed by atoms with van der Waals surface area (Å²) >= 11 is 5.80. The van der Waals surface area contributed by atoms with Gasteiger partial charge < -0.3 is 10.1 Å². The zero-order valence-corrected chi connectivity index (χ0v) is 13.7. The highest BCUT2D eigenvalue weighted by atomic mass is 35.5. The standard InChI is InChI=1S/C19H18ClNO2/c1-15-6-2-3-7-18(15)23-13-5-4-12-21-19(22)14-16-8-10-17(20)11-9-16/h2-3,6-11H,12-14H2,1H3,(H,21,22). The second kappa shape index (κ2) is 8.87. The quantitative estimate of drug-likeness (QED) is 0.855. The van der Waals surface area contributed by atoms with Gasteiger partial charge in [0.05, 0.1) is 13.0 Å². The molecule has 0 heterocycles. The fourth-order valence-corrected chi connectivity index (χ4v) is 2.06. The van der Waals surface area contributed by atoms with Crippen molar-refractivity contribution in [1.82, 2.24) is 5.32 Å². The highest BCUT2D eigenvalue weighted by Crippen LogP contribution is 2.15. The van der Waals surface area contributed by atoms with Crippen molar-refractivity contribution in [2.75, 3.05) is 13.2 Å². The first-order chi connectivity index (χ1) is 11.1. The lowest BCUT2D eigenvalue weighted by Crippen LogP contribution is -2.25. The van der Waals surface area contributed by atoms with E-state index in [2.05, 4.69) is 17.2 Å². The van der Waals surface area contributed by atoms with Crippen molar-refractivity contribution in [1.29, 1.82) is 0 Å². The molecular formula is C19H18ClNO2. The third-order valence-electron chi connectivity index (χ3n) is 3.17. The molecule has 1 amide bonds. The summed E-state index contributed by atoms with van der Waals surface area (Å²) in [6.45, 7) is 2.60. The molecule has 4 heteroatoms. The van der Waals surface area contributed by atoms with Crippen molar-refractivity contribution in [3.05, 3.63) is 64.7 Å². The largest absolute Gasteiger partial charge is 0.481 e. The van der Waals surface area contributed by atoms with Crippen LogP contribution in [0.2, 0.25) is 5.02 Å². The Kier molecular flexibility index (Phi) is 6.53. The molecule has 0 saturated carbocycles. The summed E-state index contributed by atoms with van der Waals surface area (Å²) in [5.74, 6) is 6.52. The fourth-order valence-electron chi connectivity index (χ4n) is 1.94. The minimum Gasteiger partial charge on any atom is -0.481 e. The van der Waals surface area contributed by atoms with Gasteiger partial charge in [0.2, 0.25) is 5.91 Å². The lowest BCUT2D eigenvalue weighted by atomic mass is 10.1. The number of halogens is 1. The molecule has 1 N–H and O–H groups in total. The van der Waals surface area contributed by atoms with Gasteiger partial charge >= 0.3 is 0 Å². The van der Waals surface area contributed by atoms with Gasteiger partial charge in [0.15, 0.2) is 0 Å². The Labute approximate surface area is 141 Å². The number of rotatable bonds is 5. The molecule has 0 unspecified atom stereocenters. The maximum atomic E-state index is 11.8. The zero-order valence-electron chi connectivity index (χ0n) is 12.9. The molecule has 0 aromatic heterocycles. The number of aryl methyl sites for hydroxylation is 1. The van der Waals surface area contributed by atoms with Crippen molar-refractivity contribution in [3.63, 3.8) is 0 Å². The van der Waals surface area contributed by atoms with Gasteiger partial charge in [-0.25, -0.2) is 0 Å². The van der Waals surface area contributed by atoms with Crippen LogP contribution in [0.4, 0.5) is 0 Å². The molecule has 0 radical (unpaired) electrons. The highest BCUT2D eigenvalue weighted by molar-refractivity contribution is 6.30. The molecule has 118 valence electrons. The van der Waals surface area contributed by atoms with Crippen molar-refractivity contribution < 1.29 is 9.53 Å². The Balaban J connectivity index is 1.68. The first kappa shape index (κ1) is 16.9. The molecule has 23 heavy (non-hydrogen) atoms. The summed E-state index contributed by atoms with van der Waals surface area (Å²) in [5.41, 5.74) is 1.99. The molecule has 0 bridgehead atoms. The number of hydrogen-bond acceptors (Lipinski definition) is 2. The lowest BCUT2D eigenvalue weighted by Gasteiger charge is -2.04. The number of nitrogens with one attached hydrogen (secondary N) is 1. The molecule has 0 aliphatic heterocycles. The molecule has 2 aromatic carbocycles. The molecule has 2 rings (SSSR count). The number of carbonyl (C=O) groups excluding carboxylic acids is 1. The highest BCUT2D eigenvalue weighted by Gasteiger charge is 2.01. The average molecular weight is 328 g/mol. The Morgan fingerprint density at radius 2 is 1.87 bits per heavy atom. The van der Waals surface area contributed by atoms with E-state index in [0.717, 1.165) is 16.9 Å². The van der Waals surface area contributed by atoms with Gasteiger partial charge in [0.1, 0.15) is 12.4 Å². The normalized spacial score (nSPS) is 9.65. The predicted molar refractivity (Wildman–Crippen MR) is 92.6 cm³/mol. The van der Waals surface area contributed by atoms with E-state index >= 15 is 0 Å². The van der Waals surface area contributed by atoms with Crippen LogP contribution >= 0.6 is 11.6 Å². The van der Waals surface area contributed by atoms with Crippen LogP contribution in [0.3, 0.4) is 0 Å². The van der Waals surface area contributed by atoms with Crippen LogP contribution in [0.25, 0.3) is 0 Å². The van der Waals surface area contributed by atoms with Crippen LogP contribution in [0.15, 0.2) is 48.5 Å². The van der Waals surface area contributed by atoms with Gasteiger partial charge in [0.25, 0.3) is 0 Å². The molecule has 0 atom stereocenters. The molecular weight excluding hydrogens is 310 g/mol. The van der Waals surface area contributed by atoms with Gasteiger partial charge in [-0.2, -0.15) is 0 Å². The Morgan fingerprint density at radius 1 is 1.13 bits per heavy atom. The third kappa shape index (κ3) is 6.06. The number of ether oxygens (including phenoxy) is 1. The maximum Gasteiger partial charge on any atom is 0.225 e. The van der Waals surface area contributed by atoms with E-state index < -0.39 is 0 Å². The van der Waals surface area contributed by atoms with E-state index in [-0.39, 0.29) is 5.91 Å². The first-order valence-electron chi connectivity index (χ1n) is 7.30. The summed E-state index contributed by atoms with van der Waals surface area (Å²) in [4.78, 5) is 11.8. The Hall–Kier alpha value is -2.44. The van der Waals surface area contributed by atoms with E-state index in [9.17, 15) is 4.79 Å². The fraction of sp³-hybridized carbons (Fsp3) is 0.211. The SMILES string of the molecule is Cc1ccccc1OCC#CCNC(=O)Cc1ccc(Cl)cc1. The van der Waals surface area contributed by atoms with E-state index in [1.807, 2.05) is 43.3 Å². The molecule has 2 aromatic rings. The van der Waals surface area contributed by atoms with E-state index in [0.29, 0.717) is 24.6 Å². The molecule has 3 nitrogen and oxygen atoms in total. The second-order valence-electron chi connectivity index (χ2n) is 4.99. The number of amides is 1. The van der Waals surface area contributed by atoms with Gasteiger partial charge in [-0.05, 0) is 36.2 Å². The van der Waals surface area contributed by atoms with Crippen LogP contribution in [0, 0.1) is 18.8 Å². The van der Waals surface area contributed by atoms with E-state index in [1.54, 1.807) is 12.1 Å². The summed E-state index contributed by atoms with van der Waals surface area (Å²) < 4.78 is 5.55. The van der Waals surface area contributed by atoms with Crippen molar-refractivity contribution in [2.45, 2.75) is 13.3 Å². The average Bonchev–Trinajstić information content (AvgIpc) is 2.54. The smallest absolute Gasteiger partial charge is 0.225 e. The lowest BCUT2D eigenvalue weighted by molar-refractivity contribution is -0.120. The predicted octanol–water partition coefficient (Wildman–Crippen LogP) is 3.39. The van der Waals surface area contributed by atoms with Crippen LogP contribution in [-0.2, 0) is 11.2 Å². The monoisotopic (exact) mass is 327 g/mol. The Bertz CT molecular complexity index is 714. The van der Waals surface area contributed by atoms with E-state index in [4.69, 9.17) is 16.3 Å². The first-order valence-corrected chi connectivity index (χ1v) is 7.68. The maximum absolute atomic E-state index is 11.8. The number of para-hydroxylation sites is 1. The number of carbonyl (C=O) groups is 1. The molecule has 0 spiro atoms. The van der Waals surface area contributed by atoms with Crippen LogP contribution in [0.5, 0.6) is 5.75 Å². The summed E-state index contributed by atoms with van der Waals surface area (Å²) in [6.07, 6.45) is 0.318. The topological polar surface area (TPSA) is 38.3 Å². The van der Waals surface area contributed by atoms with Gasteiger partial charge in [-0.3, -0.25) is 4.79 Å². The van der Waals surface area contributed by atoms with Crippen LogP contribution < -0.4 is 10.1 Å². The van der Waals surface area contributed by atoms with Crippen molar-refractivity contribution in [3.8, 4) is 17.6 Å². The Morgan fingerprint density at radius 3 is 2.61 bits per heavy atom. The molecule has 0 fully saturated rings. The van der Waals surface area contributed by atoms with Crippen LogP contribution in [-0.4, -0.2) is 19.1 Å². The summed E-state index contributed by atoms with van der Waals surface area (Å²) in [6, 6.07) is 15.0. The molecule has 0 saturated heterocycles. The van der Waals surface area contributed by atoms with Gasteiger partial charge in [-0.1, -0.05) is 53.8 Å². The molecule has 0 aliphatic rings. The third-order valence-corrected chi connectivity index (χ3v) is 3.42. The van der Waals surface area contributed by atoms with Crippen LogP contribution in [0.1, 0.15) is 11.1 Å². The second-order valence-corrected chi connectivity index (χ2v) is 5.42. The number of benzene rings is 2. The minimum atomic E-state index is -0.0681. The van der Waals surface area contributed by atoms with E-state index in [1.165, 1.54) is 0 Å². The van der Waals surface area contributed by atoms with Gasteiger partial charge in [-0.15, -0.1) is 0 Å². The summed E-state index contributed by atoms with van der Waals surface area (Å²) in [7, 11) is 0.